The van der Waals surface area contributed by atoms with Crippen LogP contribution in [0.25, 0.3) is 28.2 Å². The van der Waals surface area contributed by atoms with Gasteiger partial charge in [0.15, 0.2) is 11.5 Å². The lowest BCUT2D eigenvalue weighted by molar-refractivity contribution is 0.945. The monoisotopic (exact) mass is 377 g/mol. The van der Waals surface area contributed by atoms with Crippen LogP contribution in [0.4, 0.5) is 0 Å². The van der Waals surface area contributed by atoms with Crippen LogP contribution in [-0.4, -0.2) is 14.4 Å². The first-order valence-electron chi connectivity index (χ1n) is 7.43. The van der Waals surface area contributed by atoms with E-state index in [1.807, 2.05) is 66.7 Å². The Bertz CT molecular complexity index is 1080. The SMILES string of the molecule is O=c1nc(-c2ccccc2)nc2c(Br)cc(-c3ccccc3)cn12. The van der Waals surface area contributed by atoms with Gasteiger partial charge in [0.05, 0.1) is 4.47 Å². The highest BCUT2D eigenvalue weighted by Gasteiger charge is 2.11. The summed E-state index contributed by atoms with van der Waals surface area (Å²) < 4.78 is 2.22. The summed E-state index contributed by atoms with van der Waals surface area (Å²) in [7, 11) is 0. The van der Waals surface area contributed by atoms with Crippen molar-refractivity contribution in [1.29, 1.82) is 0 Å². The fourth-order valence-corrected chi connectivity index (χ4v) is 3.11. The molecule has 0 spiro atoms. The summed E-state index contributed by atoms with van der Waals surface area (Å²) in [4.78, 5) is 21.2. The van der Waals surface area contributed by atoms with E-state index in [2.05, 4.69) is 25.9 Å². The molecule has 2 aromatic carbocycles. The summed E-state index contributed by atoms with van der Waals surface area (Å²) in [6, 6.07) is 21.3. The molecule has 0 aliphatic heterocycles. The molecule has 116 valence electrons. The second-order valence-corrected chi connectivity index (χ2v) is 6.19. The minimum absolute atomic E-state index is 0.350. The lowest BCUT2D eigenvalue weighted by Gasteiger charge is -2.08. The summed E-state index contributed by atoms with van der Waals surface area (Å²) in [5.74, 6) is 0.425. The van der Waals surface area contributed by atoms with Crippen LogP contribution in [0.5, 0.6) is 0 Å². The molecule has 0 saturated carbocycles. The quantitative estimate of drug-likeness (QED) is 0.526. The van der Waals surface area contributed by atoms with Gasteiger partial charge in [0, 0.05) is 11.8 Å². The predicted octanol–water partition coefficient (Wildman–Crippen LogP) is 4.19. The van der Waals surface area contributed by atoms with E-state index in [0.29, 0.717) is 11.5 Å². The van der Waals surface area contributed by atoms with Crippen LogP contribution in [0.1, 0.15) is 0 Å². The third-order valence-corrected chi connectivity index (χ3v) is 4.33. The van der Waals surface area contributed by atoms with E-state index in [0.717, 1.165) is 21.2 Å². The molecule has 0 bridgehead atoms. The van der Waals surface area contributed by atoms with Gasteiger partial charge in [-0.15, -0.1) is 0 Å². The van der Waals surface area contributed by atoms with Gasteiger partial charge in [-0.05, 0) is 33.1 Å². The van der Waals surface area contributed by atoms with Crippen molar-refractivity contribution in [2.75, 3.05) is 0 Å². The predicted molar refractivity (Wildman–Crippen MR) is 97.8 cm³/mol. The van der Waals surface area contributed by atoms with E-state index in [9.17, 15) is 4.79 Å². The van der Waals surface area contributed by atoms with E-state index in [1.165, 1.54) is 4.40 Å². The van der Waals surface area contributed by atoms with Crippen LogP contribution in [0.3, 0.4) is 0 Å². The fourth-order valence-electron chi connectivity index (χ4n) is 2.58. The van der Waals surface area contributed by atoms with Gasteiger partial charge in [0.1, 0.15) is 0 Å². The number of pyridine rings is 1. The van der Waals surface area contributed by atoms with Crippen molar-refractivity contribution in [2.24, 2.45) is 0 Å². The summed E-state index contributed by atoms with van der Waals surface area (Å²) in [6.07, 6.45) is 1.77. The number of rotatable bonds is 2. The minimum Gasteiger partial charge on any atom is -0.250 e. The number of fused-ring (bicyclic) bond motifs is 1. The third-order valence-electron chi connectivity index (χ3n) is 3.75. The van der Waals surface area contributed by atoms with E-state index < -0.39 is 0 Å². The molecular formula is C19H12BrN3O. The highest BCUT2D eigenvalue weighted by molar-refractivity contribution is 9.10. The number of hydrogen-bond donors (Lipinski definition) is 0. The molecule has 0 atom stereocenters. The molecule has 0 amide bonds. The average molecular weight is 378 g/mol. The van der Waals surface area contributed by atoms with Crippen molar-refractivity contribution in [3.63, 3.8) is 0 Å². The Balaban J connectivity index is 1.95. The largest absolute Gasteiger partial charge is 0.355 e. The number of nitrogens with zero attached hydrogens (tertiary/aromatic N) is 3. The topological polar surface area (TPSA) is 47.3 Å². The maximum absolute atomic E-state index is 12.5. The number of hydrogen-bond acceptors (Lipinski definition) is 3. The summed E-state index contributed by atoms with van der Waals surface area (Å²) >= 11 is 3.54. The van der Waals surface area contributed by atoms with Gasteiger partial charge in [-0.2, -0.15) is 4.98 Å². The molecule has 0 fully saturated rings. The average Bonchev–Trinajstić information content (AvgIpc) is 2.63. The molecule has 4 nitrogen and oxygen atoms in total. The normalized spacial score (nSPS) is 10.9. The van der Waals surface area contributed by atoms with Crippen molar-refractivity contribution in [3.05, 3.63) is 87.9 Å². The molecule has 2 aromatic heterocycles. The zero-order valence-corrected chi connectivity index (χ0v) is 14.1. The van der Waals surface area contributed by atoms with E-state index >= 15 is 0 Å². The van der Waals surface area contributed by atoms with E-state index in [4.69, 9.17) is 0 Å². The Morgan fingerprint density at radius 2 is 1.42 bits per heavy atom. The lowest BCUT2D eigenvalue weighted by atomic mass is 10.1. The van der Waals surface area contributed by atoms with E-state index in [-0.39, 0.29) is 5.69 Å². The second kappa shape index (κ2) is 6.02. The Morgan fingerprint density at radius 3 is 2.08 bits per heavy atom. The molecule has 4 aromatic rings. The molecular weight excluding hydrogens is 366 g/mol. The summed E-state index contributed by atoms with van der Waals surface area (Å²) in [5.41, 5.74) is 2.97. The Kier molecular flexibility index (Phi) is 3.70. The first kappa shape index (κ1) is 14.8. The molecule has 0 unspecified atom stereocenters. The Labute approximate surface area is 146 Å². The number of halogens is 1. The van der Waals surface area contributed by atoms with E-state index in [1.54, 1.807) is 6.20 Å². The lowest BCUT2D eigenvalue weighted by Crippen LogP contribution is -2.19. The first-order valence-corrected chi connectivity index (χ1v) is 8.22. The Morgan fingerprint density at radius 1 is 0.792 bits per heavy atom. The minimum atomic E-state index is -0.350. The van der Waals surface area contributed by atoms with Gasteiger partial charge < -0.3 is 0 Å². The summed E-state index contributed by atoms with van der Waals surface area (Å²) in [5, 5.41) is 0. The van der Waals surface area contributed by atoms with Crippen LogP contribution >= 0.6 is 15.9 Å². The van der Waals surface area contributed by atoms with Crippen LogP contribution in [-0.2, 0) is 0 Å². The Hall–Kier alpha value is -2.79. The van der Waals surface area contributed by atoms with Crippen molar-refractivity contribution >= 4 is 21.6 Å². The number of aromatic nitrogens is 3. The molecule has 2 heterocycles. The van der Waals surface area contributed by atoms with Gasteiger partial charge in [-0.3, -0.25) is 0 Å². The maximum atomic E-state index is 12.5. The maximum Gasteiger partial charge on any atom is 0.355 e. The third kappa shape index (κ3) is 2.63. The molecule has 4 rings (SSSR count). The van der Waals surface area contributed by atoms with Gasteiger partial charge in [0.2, 0.25) is 0 Å². The van der Waals surface area contributed by atoms with Gasteiger partial charge in [-0.25, -0.2) is 14.2 Å². The highest BCUT2D eigenvalue weighted by Crippen LogP contribution is 2.25. The van der Waals surface area contributed by atoms with Gasteiger partial charge in [-0.1, -0.05) is 60.7 Å². The zero-order chi connectivity index (χ0) is 16.5. The molecule has 0 aliphatic rings. The van der Waals surface area contributed by atoms with Crippen molar-refractivity contribution < 1.29 is 0 Å². The molecule has 24 heavy (non-hydrogen) atoms. The molecule has 0 aliphatic carbocycles. The molecule has 0 radical (unpaired) electrons. The van der Waals surface area contributed by atoms with Crippen LogP contribution in [0, 0.1) is 0 Å². The standard InChI is InChI=1S/C19H12BrN3O/c20-16-11-15(13-7-3-1-4-8-13)12-23-18(16)21-17(22-19(23)24)14-9-5-2-6-10-14/h1-12H. The van der Waals surface area contributed by atoms with Crippen LogP contribution < -0.4 is 5.69 Å². The van der Waals surface area contributed by atoms with Gasteiger partial charge >= 0.3 is 5.69 Å². The molecule has 0 N–H and O–H groups in total. The fraction of sp³-hybridized carbons (Fsp3) is 0. The van der Waals surface area contributed by atoms with Gasteiger partial charge in [0.25, 0.3) is 0 Å². The smallest absolute Gasteiger partial charge is 0.250 e. The number of benzene rings is 2. The first-order chi connectivity index (χ1) is 11.7. The van der Waals surface area contributed by atoms with Crippen molar-refractivity contribution in [2.45, 2.75) is 0 Å². The van der Waals surface area contributed by atoms with Crippen molar-refractivity contribution in [3.8, 4) is 22.5 Å². The molecule has 5 heteroatoms. The van der Waals surface area contributed by atoms with Crippen molar-refractivity contribution in [1.82, 2.24) is 14.4 Å². The summed E-state index contributed by atoms with van der Waals surface area (Å²) in [6.45, 7) is 0. The van der Waals surface area contributed by atoms with Crippen LogP contribution in [0.15, 0.2) is 82.2 Å². The molecule has 0 saturated heterocycles. The van der Waals surface area contributed by atoms with Crippen LogP contribution in [0.2, 0.25) is 0 Å². The highest BCUT2D eigenvalue weighted by atomic mass is 79.9. The second-order valence-electron chi connectivity index (χ2n) is 5.33. The zero-order valence-electron chi connectivity index (χ0n) is 12.6.